The lowest BCUT2D eigenvalue weighted by molar-refractivity contribution is 0.398. The molecule has 0 N–H and O–H groups in total. The summed E-state index contributed by atoms with van der Waals surface area (Å²) in [6.07, 6.45) is 0. The van der Waals surface area contributed by atoms with Crippen LogP contribution in [0.1, 0.15) is 5.69 Å². The van der Waals surface area contributed by atoms with E-state index in [-0.39, 0.29) is 0 Å². The summed E-state index contributed by atoms with van der Waals surface area (Å²) in [5.41, 5.74) is 3.11. The van der Waals surface area contributed by atoms with Gasteiger partial charge in [-0.2, -0.15) is 0 Å². The lowest BCUT2D eigenvalue weighted by Gasteiger charge is -2.08. The smallest absolute Gasteiger partial charge is 0.221 e. The van der Waals surface area contributed by atoms with Gasteiger partial charge in [0.05, 0.1) is 12.8 Å². The number of nitrogens with zero attached hydrogens (tertiary/aromatic N) is 1. The highest BCUT2D eigenvalue weighted by Gasteiger charge is 2.07. The van der Waals surface area contributed by atoms with Crippen LogP contribution in [0.4, 0.5) is 0 Å². The number of benzene rings is 1. The highest BCUT2D eigenvalue weighted by molar-refractivity contribution is 9.08. The fourth-order valence-electron chi connectivity index (χ4n) is 1.55. The molecule has 0 spiro atoms. The average Bonchev–Trinajstić information content (AvgIpc) is 2.39. The fraction of sp³-hybridized carbons (Fsp3) is 0.154. The van der Waals surface area contributed by atoms with Crippen LogP contribution in [0.5, 0.6) is 5.88 Å². The summed E-state index contributed by atoms with van der Waals surface area (Å²) in [6, 6.07) is 14.1. The molecule has 0 aliphatic carbocycles. The highest BCUT2D eigenvalue weighted by atomic mass is 79.9. The zero-order chi connectivity index (χ0) is 11.4. The predicted octanol–water partition coefficient (Wildman–Crippen LogP) is 3.65. The molecule has 1 aromatic carbocycles. The molecule has 0 atom stereocenters. The second-order valence-corrected chi connectivity index (χ2v) is 3.92. The third-order valence-corrected chi connectivity index (χ3v) is 2.91. The first-order chi connectivity index (χ1) is 7.85. The summed E-state index contributed by atoms with van der Waals surface area (Å²) in [4.78, 5) is 4.42. The summed E-state index contributed by atoms with van der Waals surface area (Å²) in [7, 11) is 1.65. The zero-order valence-corrected chi connectivity index (χ0v) is 10.6. The van der Waals surface area contributed by atoms with E-state index < -0.39 is 0 Å². The standard InChI is InChI=1S/C13H12BrNO/c1-16-13-12(8-7-11(9-14)15-13)10-5-3-2-4-6-10/h2-8H,9H2,1H3. The average molecular weight is 278 g/mol. The van der Waals surface area contributed by atoms with Crippen molar-refractivity contribution in [1.82, 2.24) is 4.98 Å². The van der Waals surface area contributed by atoms with Crippen LogP contribution in [0.2, 0.25) is 0 Å². The molecule has 3 heteroatoms. The molecule has 0 unspecified atom stereocenters. The van der Waals surface area contributed by atoms with Gasteiger partial charge in [0.2, 0.25) is 5.88 Å². The summed E-state index contributed by atoms with van der Waals surface area (Å²) in [6.45, 7) is 0. The van der Waals surface area contributed by atoms with Crippen molar-refractivity contribution in [3.05, 3.63) is 48.2 Å². The quantitative estimate of drug-likeness (QED) is 0.799. The Labute approximate surface area is 103 Å². The number of rotatable bonds is 3. The maximum Gasteiger partial charge on any atom is 0.221 e. The van der Waals surface area contributed by atoms with Crippen LogP contribution in [0.15, 0.2) is 42.5 Å². The van der Waals surface area contributed by atoms with E-state index in [2.05, 4.69) is 20.9 Å². The largest absolute Gasteiger partial charge is 0.481 e. The van der Waals surface area contributed by atoms with Crippen LogP contribution < -0.4 is 4.74 Å². The Balaban J connectivity index is 2.49. The molecule has 16 heavy (non-hydrogen) atoms. The third-order valence-electron chi connectivity index (χ3n) is 2.33. The molecule has 0 bridgehead atoms. The van der Waals surface area contributed by atoms with Crippen LogP contribution in [-0.2, 0) is 5.33 Å². The Bertz CT molecular complexity index is 471. The number of halogens is 1. The van der Waals surface area contributed by atoms with Crippen molar-refractivity contribution in [2.45, 2.75) is 5.33 Å². The third kappa shape index (κ3) is 2.25. The maximum atomic E-state index is 5.31. The summed E-state index contributed by atoms with van der Waals surface area (Å²) >= 11 is 3.38. The van der Waals surface area contributed by atoms with Crippen LogP contribution in [0.25, 0.3) is 11.1 Å². The molecule has 82 valence electrons. The molecule has 1 heterocycles. The van der Waals surface area contributed by atoms with Crippen molar-refractivity contribution in [1.29, 1.82) is 0 Å². The van der Waals surface area contributed by atoms with Gasteiger partial charge < -0.3 is 4.74 Å². The van der Waals surface area contributed by atoms with E-state index in [1.54, 1.807) is 7.11 Å². The van der Waals surface area contributed by atoms with E-state index in [4.69, 9.17) is 4.74 Å². The van der Waals surface area contributed by atoms with E-state index in [9.17, 15) is 0 Å². The second-order valence-electron chi connectivity index (χ2n) is 3.36. The number of alkyl halides is 1. The monoisotopic (exact) mass is 277 g/mol. The van der Waals surface area contributed by atoms with E-state index in [1.807, 2.05) is 42.5 Å². The SMILES string of the molecule is COc1nc(CBr)ccc1-c1ccccc1. The molecule has 2 nitrogen and oxygen atoms in total. The second kappa shape index (κ2) is 5.12. The molecule has 2 rings (SSSR count). The van der Waals surface area contributed by atoms with Gasteiger partial charge >= 0.3 is 0 Å². The Kier molecular flexibility index (Phi) is 3.57. The maximum absolute atomic E-state index is 5.31. The van der Waals surface area contributed by atoms with Gasteiger partial charge in [0.25, 0.3) is 0 Å². The lowest BCUT2D eigenvalue weighted by atomic mass is 10.1. The van der Waals surface area contributed by atoms with Gasteiger partial charge in [-0.05, 0) is 17.7 Å². The number of aromatic nitrogens is 1. The molecule has 0 radical (unpaired) electrons. The first kappa shape index (κ1) is 11.1. The predicted molar refractivity (Wildman–Crippen MR) is 68.9 cm³/mol. The van der Waals surface area contributed by atoms with Gasteiger partial charge in [0, 0.05) is 10.9 Å². The molecule has 0 fully saturated rings. The topological polar surface area (TPSA) is 22.1 Å². The minimum atomic E-state index is 0.670. The van der Waals surface area contributed by atoms with Crippen LogP contribution in [-0.4, -0.2) is 12.1 Å². The Hall–Kier alpha value is -1.35. The van der Waals surface area contributed by atoms with E-state index in [0.29, 0.717) is 5.88 Å². The minimum Gasteiger partial charge on any atom is -0.481 e. The van der Waals surface area contributed by atoms with Gasteiger partial charge in [-0.15, -0.1) is 0 Å². The molecular formula is C13H12BrNO. The summed E-state index contributed by atoms with van der Waals surface area (Å²) < 4.78 is 5.31. The number of pyridine rings is 1. The van der Waals surface area contributed by atoms with Crippen molar-refractivity contribution in [3.8, 4) is 17.0 Å². The minimum absolute atomic E-state index is 0.670. The highest BCUT2D eigenvalue weighted by Crippen LogP contribution is 2.28. The zero-order valence-electron chi connectivity index (χ0n) is 8.98. The first-order valence-electron chi connectivity index (χ1n) is 5.00. The Morgan fingerprint density at radius 1 is 1.12 bits per heavy atom. The fourth-order valence-corrected chi connectivity index (χ4v) is 1.86. The van der Waals surface area contributed by atoms with E-state index in [1.165, 1.54) is 0 Å². The van der Waals surface area contributed by atoms with E-state index >= 15 is 0 Å². The van der Waals surface area contributed by atoms with E-state index in [0.717, 1.165) is 22.2 Å². The number of ether oxygens (including phenoxy) is 1. The van der Waals surface area contributed by atoms with Gasteiger partial charge in [0.15, 0.2) is 0 Å². The molecule has 0 saturated heterocycles. The lowest BCUT2D eigenvalue weighted by Crippen LogP contribution is -1.94. The van der Waals surface area contributed by atoms with Crippen molar-refractivity contribution < 1.29 is 4.74 Å². The molecule has 0 aliphatic heterocycles. The normalized spacial score (nSPS) is 10.1. The van der Waals surface area contributed by atoms with Gasteiger partial charge in [-0.1, -0.05) is 46.3 Å². The van der Waals surface area contributed by atoms with Crippen molar-refractivity contribution in [3.63, 3.8) is 0 Å². The van der Waals surface area contributed by atoms with Crippen molar-refractivity contribution in [2.24, 2.45) is 0 Å². The molecule has 0 amide bonds. The van der Waals surface area contributed by atoms with Crippen molar-refractivity contribution in [2.75, 3.05) is 7.11 Å². The van der Waals surface area contributed by atoms with Gasteiger partial charge in [-0.3, -0.25) is 0 Å². The number of methoxy groups -OCH3 is 1. The number of hydrogen-bond acceptors (Lipinski definition) is 2. The molecule has 1 aromatic heterocycles. The van der Waals surface area contributed by atoms with Crippen molar-refractivity contribution >= 4 is 15.9 Å². The molecule has 0 saturated carbocycles. The molecule has 0 aliphatic rings. The number of hydrogen-bond donors (Lipinski definition) is 0. The Morgan fingerprint density at radius 3 is 2.50 bits per heavy atom. The Morgan fingerprint density at radius 2 is 1.88 bits per heavy atom. The van der Waals surface area contributed by atoms with Gasteiger partial charge in [-0.25, -0.2) is 4.98 Å². The molecule has 2 aromatic rings. The summed E-state index contributed by atoms with van der Waals surface area (Å²) in [5, 5.41) is 0.735. The van der Waals surface area contributed by atoms with Crippen LogP contribution in [0.3, 0.4) is 0 Å². The first-order valence-corrected chi connectivity index (χ1v) is 6.12. The summed E-state index contributed by atoms with van der Waals surface area (Å²) in [5.74, 6) is 0.670. The molecular weight excluding hydrogens is 266 g/mol. The van der Waals surface area contributed by atoms with Gasteiger partial charge in [0.1, 0.15) is 0 Å². The van der Waals surface area contributed by atoms with Crippen LogP contribution in [0, 0.1) is 0 Å². The van der Waals surface area contributed by atoms with Crippen LogP contribution >= 0.6 is 15.9 Å².